The molecule has 0 fully saturated rings. The lowest BCUT2D eigenvalue weighted by Crippen LogP contribution is -2.33. The van der Waals surface area contributed by atoms with Crippen LogP contribution in [0.25, 0.3) is 11.4 Å². The van der Waals surface area contributed by atoms with Crippen molar-refractivity contribution in [3.05, 3.63) is 60.7 Å². The summed E-state index contributed by atoms with van der Waals surface area (Å²) in [7, 11) is -3.80. The van der Waals surface area contributed by atoms with Gasteiger partial charge in [-0.3, -0.25) is 4.79 Å². The van der Waals surface area contributed by atoms with Crippen LogP contribution in [0.5, 0.6) is 0 Å². The van der Waals surface area contributed by atoms with Gasteiger partial charge in [0, 0.05) is 11.6 Å². The van der Waals surface area contributed by atoms with E-state index >= 15 is 0 Å². The highest BCUT2D eigenvalue weighted by atomic mass is 32.2. The molecule has 3 rings (SSSR count). The van der Waals surface area contributed by atoms with Gasteiger partial charge in [0.1, 0.15) is 10.9 Å². The van der Waals surface area contributed by atoms with Gasteiger partial charge in [0.15, 0.2) is 5.03 Å². The Morgan fingerprint density at radius 3 is 2.34 bits per heavy atom. The van der Waals surface area contributed by atoms with Gasteiger partial charge in [0.25, 0.3) is 0 Å². The van der Waals surface area contributed by atoms with Crippen molar-refractivity contribution in [3.63, 3.8) is 0 Å². The highest BCUT2D eigenvalue weighted by Gasteiger charge is 2.26. The van der Waals surface area contributed by atoms with Crippen LogP contribution in [-0.4, -0.2) is 36.1 Å². The Hall–Kier alpha value is -2.58. The summed E-state index contributed by atoms with van der Waals surface area (Å²) >= 11 is 1.11. The maximum Gasteiger partial charge on any atom is 0.230 e. The van der Waals surface area contributed by atoms with E-state index in [9.17, 15) is 13.2 Å². The van der Waals surface area contributed by atoms with Crippen molar-refractivity contribution in [2.45, 2.75) is 41.3 Å². The quantitative estimate of drug-likeness (QED) is 0.530. The van der Waals surface area contributed by atoms with Gasteiger partial charge in [0.05, 0.1) is 10.6 Å². The lowest BCUT2D eigenvalue weighted by molar-refractivity contribution is -0.119. The molecule has 0 aliphatic carbocycles. The van der Waals surface area contributed by atoms with E-state index in [1.807, 2.05) is 44.2 Å². The molecular formula is C21H23N3O3S2. The van der Waals surface area contributed by atoms with Crippen LogP contribution in [0.1, 0.15) is 20.3 Å². The Kier molecular flexibility index (Phi) is 6.76. The van der Waals surface area contributed by atoms with Crippen LogP contribution < -0.4 is 5.32 Å². The van der Waals surface area contributed by atoms with Gasteiger partial charge in [-0.05, 0) is 25.5 Å². The van der Waals surface area contributed by atoms with Crippen LogP contribution in [0.3, 0.4) is 0 Å². The molecule has 0 spiro atoms. The Balaban J connectivity index is 1.95. The van der Waals surface area contributed by atoms with Crippen LogP contribution in [0, 0.1) is 0 Å². The molecule has 0 radical (unpaired) electrons. The molecule has 0 aliphatic heterocycles. The third kappa shape index (κ3) is 5.07. The monoisotopic (exact) mass is 429 g/mol. The summed E-state index contributed by atoms with van der Waals surface area (Å²) in [6.07, 6.45) is 0.824. The number of hydrogen-bond donors (Lipinski definition) is 2. The molecule has 1 unspecified atom stereocenters. The van der Waals surface area contributed by atoms with Crippen LogP contribution in [-0.2, 0) is 14.6 Å². The summed E-state index contributed by atoms with van der Waals surface area (Å²) in [5.74, 6) is 0.377. The van der Waals surface area contributed by atoms with E-state index in [-0.39, 0.29) is 32.6 Å². The Morgan fingerprint density at radius 1 is 1.10 bits per heavy atom. The van der Waals surface area contributed by atoms with Gasteiger partial charge < -0.3 is 10.3 Å². The summed E-state index contributed by atoms with van der Waals surface area (Å²) < 4.78 is 26.4. The van der Waals surface area contributed by atoms with Gasteiger partial charge >= 0.3 is 0 Å². The number of imidazole rings is 1. The Morgan fingerprint density at radius 2 is 1.72 bits per heavy atom. The van der Waals surface area contributed by atoms with E-state index in [0.717, 1.165) is 23.7 Å². The number of aromatic amines is 1. The molecule has 2 aromatic carbocycles. The predicted octanol–water partition coefficient (Wildman–Crippen LogP) is 3.92. The number of rotatable bonds is 8. The largest absolute Gasteiger partial charge is 0.353 e. The Bertz CT molecular complexity index is 1070. The number of benzene rings is 2. The molecule has 0 saturated carbocycles. The van der Waals surface area contributed by atoms with Crippen LogP contribution in [0.4, 0.5) is 0 Å². The van der Waals surface area contributed by atoms with Crippen molar-refractivity contribution in [2.75, 3.05) is 5.75 Å². The van der Waals surface area contributed by atoms with Crippen LogP contribution in [0.15, 0.2) is 75.6 Å². The second-order valence-electron chi connectivity index (χ2n) is 6.57. The van der Waals surface area contributed by atoms with Crippen molar-refractivity contribution < 1.29 is 13.2 Å². The van der Waals surface area contributed by atoms with Crippen molar-refractivity contribution in [1.29, 1.82) is 0 Å². The molecular weight excluding hydrogens is 406 g/mol. The van der Waals surface area contributed by atoms with Crippen molar-refractivity contribution >= 4 is 27.5 Å². The maximum atomic E-state index is 13.2. The second kappa shape index (κ2) is 9.28. The molecule has 1 heterocycles. The smallest absolute Gasteiger partial charge is 0.230 e. The minimum atomic E-state index is -3.80. The maximum absolute atomic E-state index is 13.2. The normalized spacial score (nSPS) is 12.5. The third-order valence-corrected chi connectivity index (χ3v) is 7.20. The van der Waals surface area contributed by atoms with Crippen molar-refractivity contribution in [1.82, 2.24) is 15.3 Å². The average molecular weight is 430 g/mol. The summed E-state index contributed by atoms with van der Waals surface area (Å²) in [6.45, 7) is 3.92. The van der Waals surface area contributed by atoms with E-state index in [1.54, 1.807) is 30.3 Å². The molecule has 152 valence electrons. The van der Waals surface area contributed by atoms with Gasteiger partial charge in [-0.1, -0.05) is 67.2 Å². The third-order valence-electron chi connectivity index (χ3n) is 4.37. The number of nitrogens with one attached hydrogen (secondary N) is 2. The average Bonchev–Trinajstić information content (AvgIpc) is 3.18. The van der Waals surface area contributed by atoms with Crippen molar-refractivity contribution in [3.8, 4) is 11.4 Å². The Labute approximate surface area is 175 Å². The lowest BCUT2D eigenvalue weighted by atomic mass is 10.2. The number of thioether (sulfide) groups is 1. The highest BCUT2D eigenvalue weighted by Crippen LogP contribution is 2.31. The summed E-state index contributed by atoms with van der Waals surface area (Å²) in [6, 6.07) is 17.6. The summed E-state index contributed by atoms with van der Waals surface area (Å²) in [4.78, 5) is 19.8. The van der Waals surface area contributed by atoms with E-state index in [4.69, 9.17) is 0 Å². The number of hydrogen-bond acceptors (Lipinski definition) is 5. The van der Waals surface area contributed by atoms with E-state index in [1.165, 1.54) is 0 Å². The molecule has 8 heteroatoms. The second-order valence-corrected chi connectivity index (χ2v) is 9.42. The number of H-pyrrole nitrogens is 1. The summed E-state index contributed by atoms with van der Waals surface area (Å²) in [5, 5.41) is 3.17. The first-order valence-electron chi connectivity index (χ1n) is 9.29. The standard InChI is InChI=1S/C21H23N3O3S2/c1-3-15(2)22-18(25)14-28-20-21(29(26,27)17-12-8-5-9-13-17)24-19(23-20)16-10-6-4-7-11-16/h4-13,15H,3,14H2,1-2H3,(H,22,25)(H,23,24). The molecule has 29 heavy (non-hydrogen) atoms. The molecule has 0 bridgehead atoms. The fourth-order valence-corrected chi connectivity index (χ4v) is 5.08. The first-order chi connectivity index (χ1) is 13.9. The van der Waals surface area contributed by atoms with Crippen LogP contribution >= 0.6 is 11.8 Å². The van der Waals surface area contributed by atoms with Gasteiger partial charge in [-0.25, -0.2) is 13.4 Å². The first-order valence-corrected chi connectivity index (χ1v) is 11.8. The topological polar surface area (TPSA) is 91.9 Å². The number of carbonyl (C=O) groups excluding carboxylic acids is 1. The minimum absolute atomic E-state index is 0.00360. The zero-order chi connectivity index (χ0) is 20.9. The molecule has 0 saturated heterocycles. The zero-order valence-corrected chi connectivity index (χ0v) is 17.9. The number of aromatic nitrogens is 2. The van der Waals surface area contributed by atoms with Gasteiger partial charge in [-0.2, -0.15) is 0 Å². The van der Waals surface area contributed by atoms with Gasteiger partial charge in [0.2, 0.25) is 15.7 Å². The molecule has 0 aliphatic rings. The first kappa shape index (κ1) is 21.1. The molecule has 2 N–H and O–H groups in total. The number of amides is 1. The fourth-order valence-electron chi connectivity index (χ4n) is 2.62. The number of nitrogens with zero attached hydrogens (tertiary/aromatic N) is 1. The van der Waals surface area contributed by atoms with E-state index < -0.39 is 9.84 Å². The highest BCUT2D eigenvalue weighted by molar-refractivity contribution is 8.00. The molecule has 3 aromatic rings. The van der Waals surface area contributed by atoms with Gasteiger partial charge in [-0.15, -0.1) is 0 Å². The number of sulfone groups is 1. The molecule has 1 amide bonds. The lowest BCUT2D eigenvalue weighted by Gasteiger charge is -2.10. The van der Waals surface area contributed by atoms with E-state index in [2.05, 4.69) is 15.3 Å². The fraction of sp³-hybridized carbons (Fsp3) is 0.238. The van der Waals surface area contributed by atoms with E-state index in [0.29, 0.717) is 5.82 Å². The minimum Gasteiger partial charge on any atom is -0.353 e. The predicted molar refractivity (Wildman–Crippen MR) is 115 cm³/mol. The molecule has 1 atom stereocenters. The molecule has 6 nitrogen and oxygen atoms in total. The molecule has 1 aromatic heterocycles. The van der Waals surface area contributed by atoms with Crippen LogP contribution in [0.2, 0.25) is 0 Å². The van der Waals surface area contributed by atoms with Crippen molar-refractivity contribution in [2.24, 2.45) is 0 Å². The SMILES string of the molecule is CCC(C)NC(=O)CSc1nc(-c2ccccc2)[nH]c1S(=O)(=O)c1ccccc1. The zero-order valence-electron chi connectivity index (χ0n) is 16.3. The number of carbonyl (C=O) groups is 1. The summed E-state index contributed by atoms with van der Waals surface area (Å²) in [5.41, 5.74) is 0.771.